The number of aromatic nitrogens is 4. The normalized spacial score (nSPS) is 10.3. The number of benzene rings is 1. The summed E-state index contributed by atoms with van der Waals surface area (Å²) in [4.78, 5) is 1.73. The van der Waals surface area contributed by atoms with E-state index in [0.717, 1.165) is 16.9 Å². The second-order valence-electron chi connectivity index (χ2n) is 3.86. The predicted octanol–water partition coefficient (Wildman–Crippen LogP) is -1.03. The number of pyridine rings is 1. The number of fused-ring (bicyclic) bond motifs is 1. The summed E-state index contributed by atoms with van der Waals surface area (Å²) < 4.78 is 1.89. The molecule has 1 aromatic carbocycles. The molecule has 92 valence electrons. The molecule has 0 radical (unpaired) electrons. The van der Waals surface area contributed by atoms with E-state index in [2.05, 4.69) is 10.3 Å². The molecule has 0 aliphatic rings. The van der Waals surface area contributed by atoms with Crippen LogP contribution in [0.2, 0.25) is 5.02 Å². The number of hydrogen-bond donors (Lipinski definition) is 0. The highest BCUT2D eigenvalue weighted by atomic mass is 79.9. The van der Waals surface area contributed by atoms with E-state index < -0.39 is 0 Å². The monoisotopic (exact) mass is 324 g/mol. The minimum absolute atomic E-state index is 0. The molecule has 2 heterocycles. The van der Waals surface area contributed by atoms with Crippen LogP contribution >= 0.6 is 11.6 Å². The van der Waals surface area contributed by atoms with E-state index in [1.807, 2.05) is 54.0 Å². The summed E-state index contributed by atoms with van der Waals surface area (Å²) in [6.45, 7) is 2.03. The van der Waals surface area contributed by atoms with Crippen molar-refractivity contribution in [3.05, 3.63) is 53.2 Å². The quantitative estimate of drug-likeness (QED) is 0.537. The van der Waals surface area contributed by atoms with Gasteiger partial charge in [0.2, 0.25) is 0 Å². The Morgan fingerprint density at radius 2 is 1.89 bits per heavy atom. The van der Waals surface area contributed by atoms with Gasteiger partial charge in [0.1, 0.15) is 10.8 Å². The highest BCUT2D eigenvalue weighted by Crippen LogP contribution is 2.11. The third kappa shape index (κ3) is 2.23. The van der Waals surface area contributed by atoms with Gasteiger partial charge in [-0.2, -0.15) is 0 Å². The lowest BCUT2D eigenvalue weighted by Crippen LogP contribution is -3.00. The summed E-state index contributed by atoms with van der Waals surface area (Å²) in [6, 6.07) is 11.5. The Morgan fingerprint density at radius 1 is 1.17 bits per heavy atom. The Labute approximate surface area is 120 Å². The Morgan fingerprint density at radius 3 is 2.61 bits per heavy atom. The fraction of sp³-hybridized carbons (Fsp3) is 0.0833. The van der Waals surface area contributed by atoms with Crippen LogP contribution in [0.4, 0.5) is 0 Å². The van der Waals surface area contributed by atoms with Crippen molar-refractivity contribution in [1.29, 1.82) is 0 Å². The zero-order valence-corrected chi connectivity index (χ0v) is 11.9. The zero-order valence-electron chi connectivity index (χ0n) is 9.59. The zero-order chi connectivity index (χ0) is 11.8. The van der Waals surface area contributed by atoms with E-state index in [1.165, 1.54) is 0 Å². The molecule has 0 saturated heterocycles. The van der Waals surface area contributed by atoms with Gasteiger partial charge in [-0.1, -0.05) is 11.6 Å². The van der Waals surface area contributed by atoms with E-state index in [4.69, 9.17) is 11.6 Å². The van der Waals surface area contributed by atoms with Crippen LogP contribution < -0.4 is 21.5 Å². The van der Waals surface area contributed by atoms with Crippen LogP contribution in [0.1, 0.15) is 5.56 Å². The summed E-state index contributed by atoms with van der Waals surface area (Å²) in [7, 11) is 0. The summed E-state index contributed by atoms with van der Waals surface area (Å²) in [5.41, 5.74) is 2.90. The first kappa shape index (κ1) is 13.0. The highest BCUT2D eigenvalue weighted by Gasteiger charge is 2.13. The minimum atomic E-state index is 0. The van der Waals surface area contributed by atoms with Gasteiger partial charge in [-0.25, -0.2) is 0 Å². The van der Waals surface area contributed by atoms with Crippen molar-refractivity contribution in [2.75, 3.05) is 0 Å². The Balaban J connectivity index is 0.00000120. The van der Waals surface area contributed by atoms with Crippen molar-refractivity contribution >= 4 is 17.2 Å². The van der Waals surface area contributed by atoms with Crippen molar-refractivity contribution in [2.24, 2.45) is 0 Å². The molecule has 0 unspecified atom stereocenters. The Kier molecular flexibility index (Phi) is 3.63. The summed E-state index contributed by atoms with van der Waals surface area (Å²) >= 11 is 5.86. The van der Waals surface area contributed by atoms with E-state index >= 15 is 0 Å². The van der Waals surface area contributed by atoms with Crippen LogP contribution in [0.5, 0.6) is 0 Å². The van der Waals surface area contributed by atoms with E-state index in [1.54, 1.807) is 4.80 Å². The molecule has 0 saturated carbocycles. The molecule has 3 rings (SSSR count). The number of nitrogens with zero attached hydrogens (tertiary/aromatic N) is 4. The first-order valence-corrected chi connectivity index (χ1v) is 5.62. The van der Waals surface area contributed by atoms with Gasteiger partial charge in [0.05, 0.1) is 6.20 Å². The van der Waals surface area contributed by atoms with Gasteiger partial charge in [-0.05, 0) is 47.6 Å². The van der Waals surface area contributed by atoms with Gasteiger partial charge >= 0.3 is 5.65 Å². The van der Waals surface area contributed by atoms with Crippen molar-refractivity contribution < 1.29 is 21.5 Å². The van der Waals surface area contributed by atoms with Gasteiger partial charge in [-0.3, -0.25) is 0 Å². The topological polar surface area (TPSA) is 34.8 Å². The Bertz CT molecular complexity index is 678. The van der Waals surface area contributed by atoms with Gasteiger partial charge in [-0.15, -0.1) is 4.52 Å². The molecule has 3 aromatic rings. The van der Waals surface area contributed by atoms with Crippen molar-refractivity contribution in [3.8, 4) is 5.69 Å². The third-order valence-electron chi connectivity index (χ3n) is 2.56. The van der Waals surface area contributed by atoms with Crippen LogP contribution in [-0.4, -0.2) is 15.1 Å². The molecule has 0 aliphatic heterocycles. The molecule has 2 aromatic heterocycles. The fourth-order valence-corrected chi connectivity index (χ4v) is 1.83. The second-order valence-corrected chi connectivity index (χ2v) is 4.30. The molecule has 6 heteroatoms. The molecule has 0 atom stereocenters. The number of aryl methyl sites for hydroxylation is 1. The number of rotatable bonds is 1. The average molecular weight is 326 g/mol. The molecule has 4 nitrogen and oxygen atoms in total. The molecule has 0 spiro atoms. The predicted molar refractivity (Wildman–Crippen MR) is 64.3 cm³/mol. The molecule has 0 fully saturated rings. The summed E-state index contributed by atoms with van der Waals surface area (Å²) in [5, 5.41) is 8.95. The van der Waals surface area contributed by atoms with Crippen LogP contribution in [0.15, 0.2) is 42.6 Å². The summed E-state index contributed by atoms with van der Waals surface area (Å²) in [6.07, 6.45) is 1.94. The van der Waals surface area contributed by atoms with Crippen molar-refractivity contribution in [1.82, 2.24) is 15.1 Å². The maximum Gasteiger partial charge on any atom is 0.330 e. The van der Waals surface area contributed by atoms with Crippen LogP contribution in [-0.2, 0) is 0 Å². The molecule has 0 aliphatic carbocycles. The third-order valence-corrected chi connectivity index (χ3v) is 2.82. The van der Waals surface area contributed by atoms with E-state index in [-0.39, 0.29) is 17.0 Å². The largest absolute Gasteiger partial charge is 1.00 e. The highest BCUT2D eigenvalue weighted by molar-refractivity contribution is 6.30. The SMILES string of the molecule is Cc1cc[n+]2c(c1)nnn2-c1ccc(Cl)cc1.[Br-]. The van der Waals surface area contributed by atoms with E-state index in [9.17, 15) is 0 Å². The average Bonchev–Trinajstić information content (AvgIpc) is 2.73. The van der Waals surface area contributed by atoms with Crippen LogP contribution in [0.3, 0.4) is 0 Å². The van der Waals surface area contributed by atoms with Crippen molar-refractivity contribution in [2.45, 2.75) is 6.92 Å². The molecule has 0 amide bonds. The van der Waals surface area contributed by atoms with Gasteiger partial charge in [0.15, 0.2) is 5.21 Å². The lowest BCUT2D eigenvalue weighted by Gasteiger charge is -1.97. The molecule has 0 N–H and O–H groups in total. The lowest BCUT2D eigenvalue weighted by molar-refractivity contribution is -0.604. The minimum Gasteiger partial charge on any atom is -1.00 e. The molecular formula is C12H10BrClN4. The number of halogens is 2. The smallest absolute Gasteiger partial charge is 0.330 e. The van der Waals surface area contributed by atoms with Gasteiger partial charge in [0.25, 0.3) is 0 Å². The molecule has 0 bridgehead atoms. The second kappa shape index (κ2) is 5.04. The van der Waals surface area contributed by atoms with Crippen LogP contribution in [0.25, 0.3) is 11.3 Å². The number of hydrogen-bond acceptors (Lipinski definition) is 2. The maximum absolute atomic E-state index is 5.86. The van der Waals surface area contributed by atoms with Gasteiger partial charge < -0.3 is 17.0 Å². The lowest BCUT2D eigenvalue weighted by atomic mass is 10.3. The fourth-order valence-electron chi connectivity index (χ4n) is 1.70. The maximum atomic E-state index is 5.86. The summed E-state index contributed by atoms with van der Waals surface area (Å²) in [5.74, 6) is 0. The van der Waals surface area contributed by atoms with Gasteiger partial charge in [0, 0.05) is 11.1 Å². The molecule has 18 heavy (non-hydrogen) atoms. The first-order valence-electron chi connectivity index (χ1n) is 5.24. The van der Waals surface area contributed by atoms with E-state index in [0.29, 0.717) is 5.02 Å². The number of tetrazole rings is 1. The first-order chi connectivity index (χ1) is 8.24. The van der Waals surface area contributed by atoms with Crippen molar-refractivity contribution in [3.63, 3.8) is 0 Å². The Hall–Kier alpha value is -1.46. The standard InChI is InChI=1S/C12H10ClN4.BrH/c1-9-6-7-16-12(8-9)14-15-17(16)11-4-2-10(13)3-5-11;/h2-8H,1H3;1H/q+1;/p-1. The van der Waals surface area contributed by atoms with Crippen LogP contribution in [0, 0.1) is 6.92 Å². The molecular weight excluding hydrogens is 316 g/mol.